The summed E-state index contributed by atoms with van der Waals surface area (Å²) in [7, 11) is 0. The number of halogens is 1. The van der Waals surface area contributed by atoms with Gasteiger partial charge in [-0.1, -0.05) is 158 Å². The molecule has 6 nitrogen and oxygen atoms in total. The van der Waals surface area contributed by atoms with Gasteiger partial charge in [-0.2, -0.15) is 11.6 Å². The Morgan fingerprint density at radius 3 is 1.32 bits per heavy atom. The molecule has 0 amide bonds. The van der Waals surface area contributed by atoms with E-state index in [1.807, 2.05) is 69.3 Å². The molecular formula is C58H84ClO6-. The standard InChI is InChI=1S/C20H25.C18H28O2.C14H20O2.C6H11ClO2/c1-3-17(2)16-20(19-12-8-5-9-13-19)15-14-18-10-6-4-7-11-18;1-6-14(2)12-16(15-10-8-7-9-11-15)13-17(19)20-18(3,4)5;1-3-11(2)9-13(10-14(15)16)12-7-5-4-6-8-12;1-6(2,3)9-5(8)4-7/h4-14,17,20H,3,15-16H2,1-2H3;7-11,14,16H,6,12-13H2,1-5H3;4-8,11,13H,3,9-10H2,1-2H3,(H,15,16);4H2,1-3H3/q-1;;;. The van der Waals surface area contributed by atoms with E-state index in [2.05, 4.69) is 121 Å². The van der Waals surface area contributed by atoms with Crippen molar-refractivity contribution in [2.75, 3.05) is 5.88 Å². The number of alkyl halides is 1. The van der Waals surface area contributed by atoms with Crippen molar-refractivity contribution in [1.29, 1.82) is 0 Å². The van der Waals surface area contributed by atoms with Gasteiger partial charge in [0.05, 0.1) is 12.8 Å². The highest BCUT2D eigenvalue weighted by molar-refractivity contribution is 6.26. The van der Waals surface area contributed by atoms with Crippen molar-refractivity contribution in [3.05, 3.63) is 150 Å². The van der Waals surface area contributed by atoms with E-state index in [4.69, 9.17) is 26.2 Å². The minimum Gasteiger partial charge on any atom is -0.481 e. The van der Waals surface area contributed by atoms with Crippen LogP contribution in [0.2, 0.25) is 0 Å². The first-order chi connectivity index (χ1) is 30.7. The fourth-order valence-corrected chi connectivity index (χ4v) is 7.26. The normalized spacial score (nSPS) is 15.4. The molecular weight excluding hydrogens is 828 g/mol. The molecule has 0 aromatic heterocycles. The Hall–Kier alpha value is -4.55. The van der Waals surface area contributed by atoms with Crippen molar-refractivity contribution in [2.24, 2.45) is 17.8 Å². The van der Waals surface area contributed by atoms with Gasteiger partial charge in [0.1, 0.15) is 17.1 Å². The molecule has 6 atom stereocenters. The van der Waals surface area contributed by atoms with Gasteiger partial charge in [-0.3, -0.25) is 14.4 Å². The number of carbonyl (C=O) groups excluding carboxylic acids is 2. The van der Waals surface area contributed by atoms with Gasteiger partial charge in [-0.15, -0.1) is 42.3 Å². The highest BCUT2D eigenvalue weighted by atomic mass is 35.5. The van der Waals surface area contributed by atoms with Crippen LogP contribution < -0.4 is 0 Å². The van der Waals surface area contributed by atoms with E-state index in [9.17, 15) is 14.4 Å². The molecule has 3 aromatic rings. The van der Waals surface area contributed by atoms with E-state index >= 15 is 0 Å². The summed E-state index contributed by atoms with van der Waals surface area (Å²) >= 11 is 5.18. The molecule has 6 unspecified atom stereocenters. The van der Waals surface area contributed by atoms with Crippen LogP contribution in [-0.4, -0.2) is 40.1 Å². The summed E-state index contributed by atoms with van der Waals surface area (Å²) in [4.78, 5) is 33.4. The van der Waals surface area contributed by atoms with E-state index in [0.717, 1.165) is 43.6 Å². The van der Waals surface area contributed by atoms with E-state index in [-0.39, 0.29) is 36.1 Å². The lowest BCUT2D eigenvalue weighted by Crippen LogP contribution is -2.25. The van der Waals surface area contributed by atoms with Crippen molar-refractivity contribution in [2.45, 2.75) is 170 Å². The fraction of sp³-hybridized carbons (Fsp3) is 0.517. The molecule has 0 heterocycles. The van der Waals surface area contributed by atoms with Gasteiger partial charge in [-0.05, 0) is 113 Å². The van der Waals surface area contributed by atoms with Crippen LogP contribution in [0.3, 0.4) is 0 Å². The third-order valence-electron chi connectivity index (χ3n) is 11.2. The average molecular weight is 913 g/mol. The largest absolute Gasteiger partial charge is 0.481 e. The van der Waals surface area contributed by atoms with Gasteiger partial charge in [0.2, 0.25) is 0 Å². The predicted octanol–water partition coefficient (Wildman–Crippen LogP) is 16.0. The zero-order chi connectivity index (χ0) is 48.8. The van der Waals surface area contributed by atoms with E-state index in [1.54, 1.807) is 20.8 Å². The molecule has 1 aliphatic rings. The first kappa shape index (κ1) is 58.5. The van der Waals surface area contributed by atoms with Gasteiger partial charge >= 0.3 is 17.9 Å². The molecule has 0 aliphatic heterocycles. The Morgan fingerprint density at radius 2 is 0.985 bits per heavy atom. The average Bonchev–Trinajstić information content (AvgIpc) is 3.27. The number of rotatable bonds is 19. The monoisotopic (exact) mass is 912 g/mol. The fourth-order valence-electron chi connectivity index (χ4n) is 7.21. The second-order valence-electron chi connectivity index (χ2n) is 19.5. The maximum absolute atomic E-state index is 12.1. The maximum atomic E-state index is 12.1. The van der Waals surface area contributed by atoms with Crippen LogP contribution in [0.5, 0.6) is 0 Å². The number of aliphatic carboxylic acids is 1. The van der Waals surface area contributed by atoms with Crippen molar-refractivity contribution in [3.8, 4) is 0 Å². The third-order valence-corrected chi connectivity index (χ3v) is 11.4. The van der Waals surface area contributed by atoms with Crippen molar-refractivity contribution in [1.82, 2.24) is 0 Å². The number of carboxylic acid groups (broad SMARTS) is 1. The first-order valence-corrected chi connectivity index (χ1v) is 24.5. The maximum Gasteiger partial charge on any atom is 0.321 e. The number of esters is 2. The molecule has 0 spiro atoms. The van der Waals surface area contributed by atoms with Gasteiger partial charge in [0, 0.05) is 0 Å². The summed E-state index contributed by atoms with van der Waals surface area (Å²) in [5, 5.41) is 8.93. The highest BCUT2D eigenvalue weighted by Gasteiger charge is 2.23. The van der Waals surface area contributed by atoms with Crippen LogP contribution in [0.4, 0.5) is 0 Å². The van der Waals surface area contributed by atoms with Gasteiger partial charge < -0.3 is 14.6 Å². The summed E-state index contributed by atoms with van der Waals surface area (Å²) in [6.07, 6.45) is 21.6. The molecule has 0 saturated carbocycles. The van der Waals surface area contributed by atoms with Crippen molar-refractivity contribution in [3.63, 3.8) is 0 Å². The molecule has 4 rings (SSSR count). The summed E-state index contributed by atoms with van der Waals surface area (Å²) in [5.41, 5.74) is 4.36. The number of hydrogen-bond acceptors (Lipinski definition) is 5. The molecule has 360 valence electrons. The Balaban J connectivity index is 0.000000449. The Bertz CT molecular complexity index is 1820. The van der Waals surface area contributed by atoms with Crippen LogP contribution in [0.1, 0.15) is 175 Å². The number of hydrogen-bond donors (Lipinski definition) is 1. The van der Waals surface area contributed by atoms with E-state index in [1.165, 1.54) is 29.5 Å². The van der Waals surface area contributed by atoms with Gasteiger partial charge in [-0.25, -0.2) is 0 Å². The molecule has 1 aliphatic carbocycles. The predicted molar refractivity (Wildman–Crippen MR) is 274 cm³/mol. The molecule has 0 radical (unpaired) electrons. The molecule has 1 N–H and O–H groups in total. The first-order valence-electron chi connectivity index (χ1n) is 23.9. The minimum atomic E-state index is -0.711. The second-order valence-corrected chi connectivity index (χ2v) is 19.8. The van der Waals surface area contributed by atoms with Crippen LogP contribution >= 0.6 is 11.6 Å². The van der Waals surface area contributed by atoms with Crippen molar-refractivity contribution < 1.29 is 29.0 Å². The Morgan fingerprint density at radius 1 is 0.600 bits per heavy atom. The lowest BCUT2D eigenvalue weighted by atomic mass is 9.85. The molecule has 65 heavy (non-hydrogen) atoms. The van der Waals surface area contributed by atoms with Gasteiger partial charge in [0.15, 0.2) is 0 Å². The Kier molecular flexibility index (Phi) is 28.9. The van der Waals surface area contributed by atoms with E-state index < -0.39 is 17.2 Å². The van der Waals surface area contributed by atoms with Crippen molar-refractivity contribution >= 4 is 29.5 Å². The zero-order valence-corrected chi connectivity index (χ0v) is 42.8. The zero-order valence-electron chi connectivity index (χ0n) is 42.0. The second kappa shape index (κ2) is 32.2. The minimum absolute atomic E-state index is 0.0722. The number of benzene rings is 3. The summed E-state index contributed by atoms with van der Waals surface area (Å²) in [6, 6.07) is 31.2. The highest BCUT2D eigenvalue weighted by Crippen LogP contribution is 2.32. The summed E-state index contributed by atoms with van der Waals surface area (Å²) < 4.78 is 10.3. The molecule has 7 heteroatoms. The van der Waals surface area contributed by atoms with E-state index in [0.29, 0.717) is 24.2 Å². The number of carboxylic acids is 1. The van der Waals surface area contributed by atoms with Crippen LogP contribution in [0.25, 0.3) is 0 Å². The van der Waals surface area contributed by atoms with Crippen LogP contribution in [-0.2, 0) is 23.9 Å². The third kappa shape index (κ3) is 28.9. The number of allylic oxidation sites excluding steroid dienone is 6. The van der Waals surface area contributed by atoms with Gasteiger partial charge in [0.25, 0.3) is 0 Å². The molecule has 3 aromatic carbocycles. The Labute approximate surface area is 400 Å². The SMILES string of the molecule is CC(C)(C)OC(=O)CCl.CCC(C)CC(CC(=O)O)c1ccccc1.CCC(C)CC(CC(=O)OC(C)(C)C)c1ccccc1.CCC(C)CC(CC=C1C=CC=C[CH-]1)c1ccccc1. The molecule has 0 saturated heterocycles. The summed E-state index contributed by atoms with van der Waals surface area (Å²) in [6.45, 7) is 24.6. The lowest BCUT2D eigenvalue weighted by molar-refractivity contribution is -0.155. The molecule has 0 fully saturated rings. The number of ether oxygens (including phenoxy) is 2. The topological polar surface area (TPSA) is 89.9 Å². The lowest BCUT2D eigenvalue weighted by Gasteiger charge is -2.24. The van der Waals surface area contributed by atoms with Crippen LogP contribution in [0, 0.1) is 24.2 Å². The number of carbonyl (C=O) groups is 3. The van der Waals surface area contributed by atoms with Crippen LogP contribution in [0.15, 0.2) is 127 Å². The molecule has 0 bridgehead atoms. The quantitative estimate of drug-likeness (QED) is 0.0732. The smallest absolute Gasteiger partial charge is 0.321 e. The summed E-state index contributed by atoms with van der Waals surface area (Å²) in [5.74, 6) is 1.74.